The minimum absolute atomic E-state index is 0.170. The molecule has 4 heteroatoms. The molecule has 0 bridgehead atoms. The fourth-order valence-electron chi connectivity index (χ4n) is 0.497. The Labute approximate surface area is 63.5 Å². The molecule has 54 valence electrons. The highest BCUT2D eigenvalue weighted by Crippen LogP contribution is 2.08. The number of nitrogens with zero attached hydrogens (tertiary/aromatic N) is 2. The monoisotopic (exact) mass is 156 g/mol. The third kappa shape index (κ3) is 2.33. The lowest BCUT2D eigenvalue weighted by Gasteiger charge is -1.93. The van der Waals surface area contributed by atoms with Crippen LogP contribution in [0, 0.1) is 0 Å². The van der Waals surface area contributed by atoms with Gasteiger partial charge in [-0.15, -0.1) is 0 Å². The van der Waals surface area contributed by atoms with Crippen LogP contribution in [0.1, 0.15) is 0 Å². The predicted octanol–water partition coefficient (Wildman–Crippen LogP) is 0.561. The van der Waals surface area contributed by atoms with Crippen molar-refractivity contribution >= 4 is 11.8 Å². The van der Waals surface area contributed by atoms with Crippen LogP contribution in [0.15, 0.2) is 23.6 Å². The summed E-state index contributed by atoms with van der Waals surface area (Å²) in [6.07, 6.45) is 3.37. The van der Waals surface area contributed by atoms with Crippen molar-refractivity contribution in [3.8, 4) is 0 Å². The Hall–Kier alpha value is -0.610. The van der Waals surface area contributed by atoms with Gasteiger partial charge in [0, 0.05) is 18.1 Å². The molecule has 0 saturated heterocycles. The van der Waals surface area contributed by atoms with Crippen molar-refractivity contribution < 1.29 is 5.11 Å². The van der Waals surface area contributed by atoms with Crippen LogP contribution in [-0.2, 0) is 0 Å². The molecule has 3 nitrogen and oxygen atoms in total. The maximum atomic E-state index is 8.45. The van der Waals surface area contributed by atoms with E-state index in [9.17, 15) is 0 Å². The number of aliphatic hydroxyl groups excluding tert-OH is 1. The van der Waals surface area contributed by atoms with Gasteiger partial charge in [-0.05, 0) is 6.07 Å². The number of aliphatic hydroxyl groups is 1. The molecule has 0 radical (unpaired) electrons. The highest BCUT2D eigenvalue weighted by atomic mass is 32.2. The SMILES string of the molecule is OCCSc1ncccn1. The van der Waals surface area contributed by atoms with E-state index in [1.165, 1.54) is 11.8 Å². The second kappa shape index (κ2) is 4.24. The van der Waals surface area contributed by atoms with E-state index in [0.717, 1.165) is 5.16 Å². The Morgan fingerprint density at radius 1 is 1.40 bits per heavy atom. The Morgan fingerprint density at radius 2 is 2.10 bits per heavy atom. The van der Waals surface area contributed by atoms with Gasteiger partial charge >= 0.3 is 0 Å². The fourth-order valence-corrected chi connectivity index (χ4v) is 1.04. The molecule has 1 N–H and O–H groups in total. The molecular formula is C6H8N2OS. The lowest BCUT2D eigenvalue weighted by Crippen LogP contribution is -1.89. The molecule has 0 atom stereocenters. The lowest BCUT2D eigenvalue weighted by atomic mass is 10.7. The van der Waals surface area contributed by atoms with Gasteiger partial charge < -0.3 is 5.11 Å². The van der Waals surface area contributed by atoms with E-state index in [1.54, 1.807) is 18.5 Å². The molecule has 1 aromatic heterocycles. The summed E-state index contributed by atoms with van der Waals surface area (Å²) < 4.78 is 0. The van der Waals surface area contributed by atoms with Crippen LogP contribution in [0.2, 0.25) is 0 Å². The number of hydrogen-bond acceptors (Lipinski definition) is 4. The van der Waals surface area contributed by atoms with Gasteiger partial charge in [0.05, 0.1) is 6.61 Å². The second-order valence-electron chi connectivity index (χ2n) is 1.60. The first kappa shape index (κ1) is 7.50. The lowest BCUT2D eigenvalue weighted by molar-refractivity contribution is 0.322. The van der Waals surface area contributed by atoms with Gasteiger partial charge in [-0.25, -0.2) is 9.97 Å². The van der Waals surface area contributed by atoms with E-state index in [-0.39, 0.29) is 6.61 Å². The Morgan fingerprint density at radius 3 is 2.70 bits per heavy atom. The van der Waals surface area contributed by atoms with Crippen molar-refractivity contribution in [2.24, 2.45) is 0 Å². The summed E-state index contributed by atoms with van der Waals surface area (Å²) in [6.45, 7) is 0.170. The van der Waals surface area contributed by atoms with Gasteiger partial charge in [-0.1, -0.05) is 11.8 Å². The standard InChI is InChI=1S/C6H8N2OS/c9-4-5-10-6-7-2-1-3-8-6/h1-3,9H,4-5H2. The molecule has 0 aliphatic rings. The van der Waals surface area contributed by atoms with Gasteiger partial charge in [0.25, 0.3) is 0 Å². The van der Waals surface area contributed by atoms with E-state index in [1.807, 2.05) is 0 Å². The van der Waals surface area contributed by atoms with Crippen LogP contribution in [0.4, 0.5) is 0 Å². The number of hydrogen-bond donors (Lipinski definition) is 1. The van der Waals surface area contributed by atoms with E-state index in [0.29, 0.717) is 5.75 Å². The molecule has 1 heterocycles. The summed E-state index contributed by atoms with van der Waals surface area (Å²) in [7, 11) is 0. The molecule has 0 aliphatic carbocycles. The Balaban J connectivity index is 2.43. The molecule has 0 fully saturated rings. The Kier molecular flexibility index (Phi) is 3.18. The van der Waals surface area contributed by atoms with Crippen molar-refractivity contribution in [1.82, 2.24) is 9.97 Å². The Bertz CT molecular complexity index is 180. The third-order valence-corrected chi connectivity index (χ3v) is 1.72. The van der Waals surface area contributed by atoms with Crippen molar-refractivity contribution in [2.75, 3.05) is 12.4 Å². The summed E-state index contributed by atoms with van der Waals surface area (Å²) in [6, 6.07) is 1.77. The molecular weight excluding hydrogens is 148 g/mol. The zero-order valence-corrected chi connectivity index (χ0v) is 6.21. The average molecular weight is 156 g/mol. The number of thioether (sulfide) groups is 1. The highest BCUT2D eigenvalue weighted by molar-refractivity contribution is 7.99. The van der Waals surface area contributed by atoms with Crippen LogP contribution in [-0.4, -0.2) is 27.4 Å². The van der Waals surface area contributed by atoms with Crippen LogP contribution < -0.4 is 0 Å². The van der Waals surface area contributed by atoms with Crippen molar-refractivity contribution in [1.29, 1.82) is 0 Å². The molecule has 0 aliphatic heterocycles. The van der Waals surface area contributed by atoms with Crippen molar-refractivity contribution in [3.63, 3.8) is 0 Å². The van der Waals surface area contributed by atoms with E-state index >= 15 is 0 Å². The molecule has 0 aromatic carbocycles. The van der Waals surface area contributed by atoms with Crippen molar-refractivity contribution in [3.05, 3.63) is 18.5 Å². The van der Waals surface area contributed by atoms with Gasteiger partial charge in [0.1, 0.15) is 0 Å². The summed E-state index contributed by atoms with van der Waals surface area (Å²) in [5.74, 6) is 0.657. The van der Waals surface area contributed by atoms with Gasteiger partial charge in [-0.3, -0.25) is 0 Å². The van der Waals surface area contributed by atoms with Gasteiger partial charge in [0.15, 0.2) is 5.16 Å². The van der Waals surface area contributed by atoms with Crippen LogP contribution >= 0.6 is 11.8 Å². The third-order valence-electron chi connectivity index (χ3n) is 0.865. The van der Waals surface area contributed by atoms with E-state index in [2.05, 4.69) is 9.97 Å². The van der Waals surface area contributed by atoms with E-state index in [4.69, 9.17) is 5.11 Å². The fraction of sp³-hybridized carbons (Fsp3) is 0.333. The molecule has 1 rings (SSSR count). The summed E-state index contributed by atoms with van der Waals surface area (Å²) >= 11 is 1.45. The quantitative estimate of drug-likeness (QED) is 0.513. The molecule has 0 spiro atoms. The minimum Gasteiger partial charge on any atom is -0.396 e. The maximum Gasteiger partial charge on any atom is 0.187 e. The summed E-state index contributed by atoms with van der Waals surface area (Å²) in [5.41, 5.74) is 0. The average Bonchev–Trinajstić information content (AvgIpc) is 2.03. The first-order valence-electron chi connectivity index (χ1n) is 2.94. The molecule has 0 saturated carbocycles. The van der Waals surface area contributed by atoms with Crippen molar-refractivity contribution in [2.45, 2.75) is 5.16 Å². The largest absolute Gasteiger partial charge is 0.396 e. The van der Waals surface area contributed by atoms with Crippen LogP contribution in [0.3, 0.4) is 0 Å². The maximum absolute atomic E-state index is 8.45. The first-order valence-corrected chi connectivity index (χ1v) is 3.92. The summed E-state index contributed by atoms with van der Waals surface area (Å²) in [5, 5.41) is 9.17. The van der Waals surface area contributed by atoms with E-state index < -0.39 is 0 Å². The molecule has 0 amide bonds. The molecule has 10 heavy (non-hydrogen) atoms. The zero-order chi connectivity index (χ0) is 7.23. The van der Waals surface area contributed by atoms with Gasteiger partial charge in [0.2, 0.25) is 0 Å². The van der Waals surface area contributed by atoms with Gasteiger partial charge in [-0.2, -0.15) is 0 Å². The topological polar surface area (TPSA) is 46.0 Å². The second-order valence-corrected chi connectivity index (χ2v) is 2.67. The number of aromatic nitrogens is 2. The molecule has 1 aromatic rings. The van der Waals surface area contributed by atoms with Crippen LogP contribution in [0.25, 0.3) is 0 Å². The first-order chi connectivity index (χ1) is 4.93. The smallest absolute Gasteiger partial charge is 0.187 e. The summed E-state index contributed by atoms with van der Waals surface area (Å²) in [4.78, 5) is 7.91. The predicted molar refractivity (Wildman–Crippen MR) is 39.8 cm³/mol. The normalized spacial score (nSPS) is 9.70. The highest BCUT2D eigenvalue weighted by Gasteiger charge is 1.91. The molecule has 0 unspecified atom stereocenters. The minimum atomic E-state index is 0.170. The van der Waals surface area contributed by atoms with Crippen LogP contribution in [0.5, 0.6) is 0 Å². The zero-order valence-electron chi connectivity index (χ0n) is 5.40. The number of rotatable bonds is 3.